The fraction of sp³-hybridized carbons (Fsp3) is 0.438. The minimum Gasteiger partial charge on any atom is -0.388 e. The van der Waals surface area contributed by atoms with E-state index in [4.69, 9.17) is 16.3 Å². The molecular formula is C16H17BrClFN2O2. The average molecular weight is 404 g/mol. The summed E-state index contributed by atoms with van der Waals surface area (Å²) in [5.41, 5.74) is 0.653. The zero-order valence-electron chi connectivity index (χ0n) is 12.4. The van der Waals surface area contributed by atoms with Crippen molar-refractivity contribution in [3.63, 3.8) is 0 Å². The molecule has 0 bridgehead atoms. The van der Waals surface area contributed by atoms with Crippen molar-refractivity contribution >= 4 is 38.4 Å². The number of aliphatic hydroxyl groups is 1. The van der Waals surface area contributed by atoms with Gasteiger partial charge in [-0.05, 0) is 41.6 Å². The monoisotopic (exact) mass is 402 g/mol. The number of aliphatic hydroxyl groups excluding tert-OH is 1. The molecule has 0 aliphatic carbocycles. The smallest absolute Gasteiger partial charge is 0.150 e. The van der Waals surface area contributed by atoms with Gasteiger partial charge in [-0.25, -0.2) is 9.07 Å². The summed E-state index contributed by atoms with van der Waals surface area (Å²) < 4.78 is 22.6. The van der Waals surface area contributed by atoms with Gasteiger partial charge in [0.15, 0.2) is 12.0 Å². The van der Waals surface area contributed by atoms with Gasteiger partial charge >= 0.3 is 0 Å². The van der Waals surface area contributed by atoms with Crippen LogP contribution in [0.15, 0.2) is 23.3 Å². The SMILES string of the molecule is C=CCC(O)c1c(F)c(Cl)c(Br)c2cnn(C3CCCCO3)c12. The summed E-state index contributed by atoms with van der Waals surface area (Å²) in [4.78, 5) is 0. The van der Waals surface area contributed by atoms with Crippen LogP contribution in [0.5, 0.6) is 0 Å². The van der Waals surface area contributed by atoms with Gasteiger partial charge in [-0.15, -0.1) is 6.58 Å². The molecule has 0 spiro atoms. The number of rotatable bonds is 4. The van der Waals surface area contributed by atoms with Crippen molar-refractivity contribution in [1.82, 2.24) is 9.78 Å². The lowest BCUT2D eigenvalue weighted by Crippen LogP contribution is -2.20. The number of hydrogen-bond donors (Lipinski definition) is 1. The van der Waals surface area contributed by atoms with Crippen LogP contribution >= 0.6 is 27.5 Å². The highest BCUT2D eigenvalue weighted by molar-refractivity contribution is 9.10. The quantitative estimate of drug-likeness (QED) is 0.583. The molecule has 1 fully saturated rings. The van der Waals surface area contributed by atoms with Gasteiger partial charge in [0.1, 0.15) is 0 Å². The fourth-order valence-electron chi connectivity index (χ4n) is 2.94. The standard InChI is InChI=1S/C16H17BrClFN2O2/c1-2-5-10(22)12-15(19)14(18)13(17)9-8-20-21(16(9)12)11-6-3-4-7-23-11/h2,8,10-11,22H,1,3-7H2. The van der Waals surface area contributed by atoms with Crippen LogP contribution < -0.4 is 0 Å². The normalized spacial score (nSPS) is 19.9. The van der Waals surface area contributed by atoms with Gasteiger partial charge in [0, 0.05) is 17.6 Å². The molecule has 2 aromatic rings. The number of fused-ring (bicyclic) bond motifs is 1. The predicted octanol–water partition coefficient (Wildman–Crippen LogP) is 4.90. The van der Waals surface area contributed by atoms with Gasteiger partial charge in [-0.3, -0.25) is 0 Å². The van der Waals surface area contributed by atoms with Crippen LogP contribution in [0.1, 0.15) is 43.6 Å². The van der Waals surface area contributed by atoms with Crippen molar-refractivity contribution in [2.75, 3.05) is 6.61 Å². The number of nitrogens with zero attached hydrogens (tertiary/aromatic N) is 2. The van der Waals surface area contributed by atoms with Crippen LogP contribution in [0, 0.1) is 5.82 Å². The van der Waals surface area contributed by atoms with Crippen molar-refractivity contribution in [2.45, 2.75) is 38.0 Å². The van der Waals surface area contributed by atoms with Crippen LogP contribution in [0.2, 0.25) is 5.02 Å². The summed E-state index contributed by atoms with van der Waals surface area (Å²) in [7, 11) is 0. The van der Waals surface area contributed by atoms with E-state index in [2.05, 4.69) is 27.6 Å². The third-order valence-electron chi connectivity index (χ3n) is 4.06. The molecule has 3 rings (SSSR count). The molecule has 2 unspecified atom stereocenters. The number of ether oxygens (including phenoxy) is 1. The molecule has 2 heterocycles. The molecule has 4 nitrogen and oxygen atoms in total. The molecule has 124 valence electrons. The van der Waals surface area contributed by atoms with Crippen LogP contribution in [-0.2, 0) is 4.74 Å². The maximum absolute atomic E-state index is 14.8. The van der Waals surface area contributed by atoms with Gasteiger partial charge in [0.2, 0.25) is 0 Å². The zero-order chi connectivity index (χ0) is 16.6. The first-order valence-corrected chi connectivity index (χ1v) is 8.67. The molecule has 23 heavy (non-hydrogen) atoms. The second-order valence-electron chi connectivity index (χ2n) is 5.57. The van der Waals surface area contributed by atoms with E-state index in [0.717, 1.165) is 19.3 Å². The Morgan fingerprint density at radius 2 is 2.39 bits per heavy atom. The van der Waals surface area contributed by atoms with E-state index >= 15 is 0 Å². The summed E-state index contributed by atoms with van der Waals surface area (Å²) in [6, 6.07) is 0. The van der Waals surface area contributed by atoms with Crippen molar-refractivity contribution in [1.29, 1.82) is 0 Å². The largest absolute Gasteiger partial charge is 0.388 e. The van der Waals surface area contributed by atoms with Gasteiger partial charge in [0.05, 0.1) is 27.3 Å². The fourth-order valence-corrected chi connectivity index (χ4v) is 3.61. The van der Waals surface area contributed by atoms with E-state index < -0.39 is 11.9 Å². The first-order valence-electron chi connectivity index (χ1n) is 7.50. The Bertz CT molecular complexity index is 743. The number of benzene rings is 1. The topological polar surface area (TPSA) is 47.3 Å². The Kier molecular flexibility index (Phi) is 5.06. The van der Waals surface area contributed by atoms with Crippen LogP contribution in [-0.4, -0.2) is 21.5 Å². The zero-order valence-corrected chi connectivity index (χ0v) is 14.8. The maximum Gasteiger partial charge on any atom is 0.150 e. The van der Waals surface area contributed by atoms with Crippen molar-refractivity contribution in [3.05, 3.63) is 39.7 Å². The third kappa shape index (κ3) is 2.93. The van der Waals surface area contributed by atoms with Gasteiger partial charge in [0.25, 0.3) is 0 Å². The molecule has 1 aromatic heterocycles. The Hall–Kier alpha value is -0.950. The van der Waals surface area contributed by atoms with Crippen molar-refractivity contribution in [2.24, 2.45) is 0 Å². The van der Waals surface area contributed by atoms with Gasteiger partial charge < -0.3 is 9.84 Å². The molecule has 1 aliphatic rings. The lowest BCUT2D eigenvalue weighted by Gasteiger charge is -2.25. The molecule has 1 saturated heterocycles. The van der Waals surface area contributed by atoms with Crippen LogP contribution in [0.3, 0.4) is 0 Å². The first-order chi connectivity index (χ1) is 11.1. The summed E-state index contributed by atoms with van der Waals surface area (Å²) in [6.45, 7) is 4.25. The molecule has 2 atom stereocenters. The Labute approximate surface area is 147 Å². The van der Waals surface area contributed by atoms with E-state index in [0.29, 0.717) is 22.0 Å². The van der Waals surface area contributed by atoms with E-state index in [1.807, 2.05) is 0 Å². The minimum absolute atomic E-state index is 0.0558. The minimum atomic E-state index is -1.04. The van der Waals surface area contributed by atoms with E-state index in [-0.39, 0.29) is 23.2 Å². The number of aromatic nitrogens is 2. The number of halogens is 3. The second kappa shape index (κ2) is 6.89. The maximum atomic E-state index is 14.8. The highest BCUT2D eigenvalue weighted by atomic mass is 79.9. The predicted molar refractivity (Wildman–Crippen MR) is 91.0 cm³/mol. The van der Waals surface area contributed by atoms with Gasteiger partial charge in [-0.2, -0.15) is 5.10 Å². The highest BCUT2D eigenvalue weighted by Gasteiger charge is 2.28. The highest BCUT2D eigenvalue weighted by Crippen LogP contribution is 2.41. The third-order valence-corrected chi connectivity index (χ3v) is 5.47. The molecular weight excluding hydrogens is 387 g/mol. The lowest BCUT2D eigenvalue weighted by molar-refractivity contribution is -0.0369. The summed E-state index contributed by atoms with van der Waals surface area (Å²) >= 11 is 9.40. The van der Waals surface area contributed by atoms with Crippen molar-refractivity contribution < 1.29 is 14.2 Å². The second-order valence-corrected chi connectivity index (χ2v) is 6.74. The summed E-state index contributed by atoms with van der Waals surface area (Å²) in [5, 5.41) is 15.4. The van der Waals surface area contributed by atoms with Crippen LogP contribution in [0.25, 0.3) is 10.9 Å². The van der Waals surface area contributed by atoms with Crippen LogP contribution in [0.4, 0.5) is 4.39 Å². The van der Waals surface area contributed by atoms with E-state index in [9.17, 15) is 9.50 Å². The molecule has 7 heteroatoms. The number of hydrogen-bond acceptors (Lipinski definition) is 3. The van der Waals surface area contributed by atoms with E-state index in [1.54, 1.807) is 17.0 Å². The van der Waals surface area contributed by atoms with Gasteiger partial charge in [-0.1, -0.05) is 17.7 Å². The summed E-state index contributed by atoms with van der Waals surface area (Å²) in [6.07, 6.45) is 4.91. The molecule has 1 aromatic carbocycles. The van der Waals surface area contributed by atoms with Crippen molar-refractivity contribution in [3.8, 4) is 0 Å². The molecule has 0 amide bonds. The Morgan fingerprint density at radius 3 is 3.04 bits per heavy atom. The molecule has 0 radical (unpaired) electrons. The lowest BCUT2D eigenvalue weighted by atomic mass is 10.0. The molecule has 1 N–H and O–H groups in total. The Morgan fingerprint density at radius 1 is 1.61 bits per heavy atom. The Balaban J connectivity index is 2.25. The molecule has 1 aliphatic heterocycles. The average Bonchev–Trinajstić information content (AvgIpc) is 2.99. The first kappa shape index (κ1) is 16.9. The summed E-state index contributed by atoms with van der Waals surface area (Å²) in [5.74, 6) is -0.641. The van der Waals surface area contributed by atoms with E-state index in [1.165, 1.54) is 0 Å². The molecule has 0 saturated carbocycles.